The predicted molar refractivity (Wildman–Crippen MR) is 104 cm³/mol. The van der Waals surface area contributed by atoms with Gasteiger partial charge in [0.05, 0.1) is 28.0 Å². The van der Waals surface area contributed by atoms with Gasteiger partial charge in [-0.1, -0.05) is 18.2 Å². The van der Waals surface area contributed by atoms with E-state index in [4.69, 9.17) is 0 Å². The highest BCUT2D eigenvalue weighted by molar-refractivity contribution is 7.13. The molecular weight excluding hydrogens is 346 g/mol. The van der Waals surface area contributed by atoms with Gasteiger partial charge in [-0.3, -0.25) is 4.79 Å². The molecule has 132 valence electrons. The monoisotopic (exact) mass is 365 g/mol. The van der Waals surface area contributed by atoms with E-state index in [1.54, 1.807) is 45.5 Å². The summed E-state index contributed by atoms with van der Waals surface area (Å²) in [7, 11) is 0. The fourth-order valence-electron chi connectivity index (χ4n) is 2.56. The number of amides is 1. The van der Waals surface area contributed by atoms with Crippen LogP contribution < -0.4 is 0 Å². The summed E-state index contributed by atoms with van der Waals surface area (Å²) in [5.41, 5.74) is 2.03. The number of thiophene rings is 1. The number of carbonyl (C=O) groups excluding carboxylic acids is 1. The Bertz CT molecular complexity index is 919. The van der Waals surface area contributed by atoms with Gasteiger partial charge in [0.25, 0.3) is 11.9 Å². The second-order valence-electron chi connectivity index (χ2n) is 5.56. The van der Waals surface area contributed by atoms with Crippen LogP contribution in [0.15, 0.2) is 61.3 Å². The maximum atomic E-state index is 12.8. The minimum absolute atomic E-state index is 0.122. The van der Waals surface area contributed by atoms with Crippen LogP contribution in [-0.4, -0.2) is 43.6 Å². The molecule has 0 spiro atoms. The van der Waals surface area contributed by atoms with Crippen molar-refractivity contribution in [1.29, 1.82) is 0 Å². The van der Waals surface area contributed by atoms with E-state index in [9.17, 15) is 4.79 Å². The average Bonchev–Trinajstić information content (AvgIpc) is 3.31. The minimum atomic E-state index is -0.122. The molecule has 1 amide bonds. The van der Waals surface area contributed by atoms with Crippen molar-refractivity contribution in [1.82, 2.24) is 24.6 Å². The molecule has 3 aromatic heterocycles. The Morgan fingerprint density at radius 1 is 1.31 bits per heavy atom. The van der Waals surface area contributed by atoms with Crippen molar-refractivity contribution in [3.05, 3.63) is 72.5 Å². The van der Waals surface area contributed by atoms with Crippen molar-refractivity contribution in [3.8, 4) is 16.5 Å². The highest BCUT2D eigenvalue weighted by Crippen LogP contribution is 2.23. The van der Waals surface area contributed by atoms with E-state index in [1.807, 2.05) is 30.5 Å². The van der Waals surface area contributed by atoms with E-state index in [0.717, 1.165) is 10.6 Å². The van der Waals surface area contributed by atoms with E-state index in [-0.39, 0.29) is 5.91 Å². The molecule has 3 aromatic rings. The molecule has 0 saturated heterocycles. The van der Waals surface area contributed by atoms with E-state index in [1.165, 1.54) is 0 Å². The molecule has 0 bridgehead atoms. The van der Waals surface area contributed by atoms with Crippen molar-refractivity contribution in [2.45, 2.75) is 6.92 Å². The fourth-order valence-corrected chi connectivity index (χ4v) is 3.25. The lowest BCUT2D eigenvalue weighted by Crippen LogP contribution is -2.31. The first-order valence-electron chi connectivity index (χ1n) is 8.08. The summed E-state index contributed by atoms with van der Waals surface area (Å²) in [5.74, 6) is 0.314. The van der Waals surface area contributed by atoms with Crippen LogP contribution in [0.25, 0.3) is 16.5 Å². The zero-order chi connectivity index (χ0) is 18.5. The third kappa shape index (κ3) is 3.48. The van der Waals surface area contributed by atoms with Gasteiger partial charge in [-0.25, -0.2) is 14.6 Å². The Kier molecular flexibility index (Phi) is 5.38. The molecule has 6 nitrogen and oxygen atoms in total. The fraction of sp³-hybridized carbons (Fsp3) is 0.158. The molecule has 0 N–H and O–H groups in total. The van der Waals surface area contributed by atoms with Crippen LogP contribution in [0.2, 0.25) is 0 Å². The van der Waals surface area contributed by atoms with Crippen molar-refractivity contribution < 1.29 is 4.79 Å². The first-order chi connectivity index (χ1) is 12.7. The lowest BCUT2D eigenvalue weighted by atomic mass is 10.2. The largest absolute Gasteiger partial charge is 0.331 e. The van der Waals surface area contributed by atoms with Gasteiger partial charge in [0.1, 0.15) is 0 Å². The van der Waals surface area contributed by atoms with Gasteiger partial charge < -0.3 is 4.90 Å². The lowest BCUT2D eigenvalue weighted by molar-refractivity contribution is 0.0790. The summed E-state index contributed by atoms with van der Waals surface area (Å²) < 4.78 is 1.59. The lowest BCUT2D eigenvalue weighted by Gasteiger charge is -2.18. The summed E-state index contributed by atoms with van der Waals surface area (Å²) >= 11 is 1.61. The Balaban J connectivity index is 1.94. The van der Waals surface area contributed by atoms with Gasteiger partial charge in [0, 0.05) is 19.3 Å². The second-order valence-corrected chi connectivity index (χ2v) is 6.51. The SMILES string of the molecule is C=CCN(CC=C)C(=O)c1cnn(-c2nccc(-c3cccs3)n2)c1C. The van der Waals surface area contributed by atoms with Crippen LogP contribution in [0, 0.1) is 6.92 Å². The summed E-state index contributed by atoms with van der Waals surface area (Å²) in [5, 5.41) is 6.33. The summed E-state index contributed by atoms with van der Waals surface area (Å²) in [4.78, 5) is 24.4. The molecule has 3 rings (SSSR count). The normalized spacial score (nSPS) is 10.5. The molecule has 26 heavy (non-hydrogen) atoms. The predicted octanol–water partition coefficient (Wildman–Crippen LogP) is 3.51. The first-order valence-corrected chi connectivity index (χ1v) is 8.96. The van der Waals surface area contributed by atoms with Gasteiger partial charge in [-0.05, 0) is 24.4 Å². The Morgan fingerprint density at radius 2 is 2.08 bits per heavy atom. The molecule has 0 atom stereocenters. The number of rotatable bonds is 7. The molecule has 0 aliphatic heterocycles. The molecule has 0 aliphatic carbocycles. The highest BCUT2D eigenvalue weighted by Gasteiger charge is 2.20. The van der Waals surface area contributed by atoms with Crippen LogP contribution in [0.1, 0.15) is 16.1 Å². The number of hydrogen-bond acceptors (Lipinski definition) is 5. The van der Waals surface area contributed by atoms with Crippen molar-refractivity contribution in [3.63, 3.8) is 0 Å². The van der Waals surface area contributed by atoms with Crippen LogP contribution in [-0.2, 0) is 0 Å². The standard InChI is InChI=1S/C19H19N5OS/c1-4-10-23(11-5-2)18(25)15-13-21-24(14(15)3)19-20-9-8-16(22-19)17-7-6-12-26-17/h4-9,12-13H,1-2,10-11H2,3H3. The zero-order valence-electron chi connectivity index (χ0n) is 14.5. The quantitative estimate of drug-likeness (QED) is 0.601. The molecular formula is C19H19N5OS. The highest BCUT2D eigenvalue weighted by atomic mass is 32.1. The second kappa shape index (κ2) is 7.88. The van der Waals surface area contributed by atoms with Crippen molar-refractivity contribution >= 4 is 17.2 Å². The molecule has 7 heteroatoms. The van der Waals surface area contributed by atoms with E-state index in [0.29, 0.717) is 30.3 Å². The van der Waals surface area contributed by atoms with Crippen LogP contribution in [0.5, 0.6) is 0 Å². The smallest absolute Gasteiger partial charge is 0.257 e. The number of carbonyl (C=O) groups is 1. The van der Waals surface area contributed by atoms with Gasteiger partial charge in [0.15, 0.2) is 0 Å². The van der Waals surface area contributed by atoms with Gasteiger partial charge in [-0.2, -0.15) is 5.10 Å². The molecule has 3 heterocycles. The molecule has 0 saturated carbocycles. The van der Waals surface area contributed by atoms with Gasteiger partial charge in [-0.15, -0.1) is 24.5 Å². The zero-order valence-corrected chi connectivity index (χ0v) is 15.3. The first kappa shape index (κ1) is 17.8. The van der Waals surface area contributed by atoms with Crippen LogP contribution in [0.3, 0.4) is 0 Å². The average molecular weight is 365 g/mol. The third-order valence-electron chi connectivity index (χ3n) is 3.83. The molecule has 0 fully saturated rings. The van der Waals surface area contributed by atoms with Crippen molar-refractivity contribution in [2.24, 2.45) is 0 Å². The maximum Gasteiger partial charge on any atom is 0.257 e. The number of hydrogen-bond donors (Lipinski definition) is 0. The van der Waals surface area contributed by atoms with Gasteiger partial charge >= 0.3 is 0 Å². The third-order valence-corrected chi connectivity index (χ3v) is 4.72. The molecule has 0 aromatic carbocycles. The summed E-state index contributed by atoms with van der Waals surface area (Å²) in [6.07, 6.45) is 6.63. The van der Waals surface area contributed by atoms with E-state index < -0.39 is 0 Å². The minimum Gasteiger partial charge on any atom is -0.331 e. The van der Waals surface area contributed by atoms with Crippen molar-refractivity contribution in [2.75, 3.05) is 13.1 Å². The summed E-state index contributed by atoms with van der Waals surface area (Å²) in [6, 6.07) is 5.84. The number of nitrogens with zero attached hydrogens (tertiary/aromatic N) is 5. The van der Waals surface area contributed by atoms with Gasteiger partial charge in [0.2, 0.25) is 0 Å². The van der Waals surface area contributed by atoms with E-state index in [2.05, 4.69) is 28.2 Å². The van der Waals surface area contributed by atoms with E-state index >= 15 is 0 Å². The van der Waals surface area contributed by atoms with Crippen LogP contribution in [0.4, 0.5) is 0 Å². The molecule has 0 unspecified atom stereocenters. The van der Waals surface area contributed by atoms with Crippen LogP contribution >= 0.6 is 11.3 Å². The summed E-state index contributed by atoms with van der Waals surface area (Å²) in [6.45, 7) is 10.1. The molecule has 0 aliphatic rings. The Labute approximate surface area is 156 Å². The Hall–Kier alpha value is -3.06. The topological polar surface area (TPSA) is 63.9 Å². The number of aromatic nitrogens is 4. The Morgan fingerprint density at radius 3 is 2.73 bits per heavy atom. The maximum absolute atomic E-state index is 12.8. The molecule has 0 radical (unpaired) electrons.